The normalized spacial score (nSPS) is 12.3. The minimum atomic E-state index is -0.468. The molecule has 23 heavy (non-hydrogen) atoms. The van der Waals surface area contributed by atoms with Crippen molar-refractivity contribution in [3.63, 3.8) is 0 Å². The summed E-state index contributed by atoms with van der Waals surface area (Å²) in [4.78, 5) is 24.9. The van der Waals surface area contributed by atoms with E-state index in [9.17, 15) is 9.59 Å². The van der Waals surface area contributed by atoms with Gasteiger partial charge < -0.3 is 4.74 Å². The maximum absolute atomic E-state index is 12.4. The standard InChI is InChI=1S/C16H14ClN3O3/c1-10(21)18-19-16(22)20-9-11-8-12(17)6-7-14(11)23-15-5-3-2-4-13(15)20/h2-8H,9H2,1H3,(H,18,21)(H,19,22). The molecule has 0 fully saturated rings. The molecule has 0 unspecified atom stereocenters. The molecule has 0 saturated carbocycles. The summed E-state index contributed by atoms with van der Waals surface area (Å²) in [5, 5.41) is 0.556. The zero-order chi connectivity index (χ0) is 16.4. The van der Waals surface area contributed by atoms with Crippen LogP contribution in [0.5, 0.6) is 11.5 Å². The van der Waals surface area contributed by atoms with Gasteiger partial charge in [-0.1, -0.05) is 23.7 Å². The van der Waals surface area contributed by atoms with Crippen LogP contribution in [-0.4, -0.2) is 11.9 Å². The van der Waals surface area contributed by atoms with Crippen molar-refractivity contribution in [2.24, 2.45) is 0 Å². The van der Waals surface area contributed by atoms with Crippen molar-refractivity contribution in [2.75, 3.05) is 4.90 Å². The Bertz CT molecular complexity index is 779. The van der Waals surface area contributed by atoms with E-state index in [0.717, 1.165) is 5.56 Å². The first kappa shape index (κ1) is 15.2. The first-order chi connectivity index (χ1) is 11.0. The van der Waals surface area contributed by atoms with Gasteiger partial charge in [0.1, 0.15) is 5.75 Å². The Kier molecular flexibility index (Phi) is 4.08. The maximum atomic E-state index is 12.4. The molecule has 0 atom stereocenters. The summed E-state index contributed by atoms with van der Waals surface area (Å²) in [7, 11) is 0. The lowest BCUT2D eigenvalue weighted by Gasteiger charge is -2.22. The van der Waals surface area contributed by atoms with E-state index in [1.54, 1.807) is 30.3 Å². The highest BCUT2D eigenvalue weighted by Crippen LogP contribution is 2.39. The highest BCUT2D eigenvalue weighted by molar-refractivity contribution is 6.30. The molecule has 0 saturated heterocycles. The van der Waals surface area contributed by atoms with Gasteiger partial charge in [0.05, 0.1) is 12.2 Å². The number of benzene rings is 2. The zero-order valence-corrected chi connectivity index (χ0v) is 13.1. The van der Waals surface area contributed by atoms with E-state index in [4.69, 9.17) is 16.3 Å². The van der Waals surface area contributed by atoms with E-state index in [0.29, 0.717) is 22.2 Å². The van der Waals surface area contributed by atoms with Crippen molar-refractivity contribution in [3.05, 3.63) is 53.1 Å². The minimum absolute atomic E-state index is 0.262. The Morgan fingerprint density at radius 2 is 1.91 bits per heavy atom. The van der Waals surface area contributed by atoms with Gasteiger partial charge in [-0.3, -0.25) is 15.1 Å². The van der Waals surface area contributed by atoms with E-state index in [1.807, 2.05) is 12.1 Å². The van der Waals surface area contributed by atoms with Gasteiger partial charge in [-0.15, -0.1) is 0 Å². The summed E-state index contributed by atoms with van der Waals surface area (Å²) in [6.45, 7) is 1.58. The van der Waals surface area contributed by atoms with Crippen molar-refractivity contribution in [3.8, 4) is 11.5 Å². The van der Waals surface area contributed by atoms with Gasteiger partial charge >= 0.3 is 6.03 Å². The number of hydrogen-bond acceptors (Lipinski definition) is 3. The Hall–Kier alpha value is -2.73. The van der Waals surface area contributed by atoms with Gasteiger partial charge in [-0.05, 0) is 30.3 Å². The van der Waals surface area contributed by atoms with Crippen LogP contribution < -0.4 is 20.5 Å². The molecule has 0 aliphatic carbocycles. The molecule has 0 aromatic heterocycles. The number of nitrogens with zero attached hydrogens (tertiary/aromatic N) is 1. The molecule has 1 aliphatic rings. The number of anilines is 1. The molecule has 7 heteroatoms. The quantitative estimate of drug-likeness (QED) is 0.728. The second-order valence-electron chi connectivity index (χ2n) is 5.02. The predicted octanol–water partition coefficient (Wildman–Crippen LogP) is 3.21. The highest BCUT2D eigenvalue weighted by Gasteiger charge is 2.25. The lowest BCUT2D eigenvalue weighted by atomic mass is 10.2. The Balaban J connectivity index is 2.00. The molecule has 2 N–H and O–H groups in total. The lowest BCUT2D eigenvalue weighted by Crippen LogP contribution is -2.48. The number of amides is 3. The van der Waals surface area contributed by atoms with Crippen LogP contribution in [0, 0.1) is 0 Å². The van der Waals surface area contributed by atoms with Crippen LogP contribution in [0.25, 0.3) is 0 Å². The van der Waals surface area contributed by atoms with E-state index in [1.165, 1.54) is 11.8 Å². The molecule has 0 bridgehead atoms. The molecular formula is C16H14ClN3O3. The maximum Gasteiger partial charge on any atom is 0.341 e. The largest absolute Gasteiger partial charge is 0.455 e. The number of para-hydroxylation sites is 2. The molecule has 6 nitrogen and oxygen atoms in total. The fourth-order valence-electron chi connectivity index (χ4n) is 2.30. The molecule has 3 amide bonds. The summed E-state index contributed by atoms with van der Waals surface area (Å²) in [5.41, 5.74) is 6.02. The van der Waals surface area contributed by atoms with Crippen LogP contribution in [0.2, 0.25) is 5.02 Å². The van der Waals surface area contributed by atoms with Crippen molar-refractivity contribution in [1.29, 1.82) is 0 Å². The molecule has 3 rings (SSSR count). The molecule has 2 aromatic carbocycles. The van der Waals surface area contributed by atoms with E-state index < -0.39 is 6.03 Å². The number of carbonyl (C=O) groups is 2. The number of hydrazine groups is 1. The molecule has 2 aromatic rings. The molecule has 118 valence electrons. The minimum Gasteiger partial charge on any atom is -0.455 e. The van der Waals surface area contributed by atoms with Crippen LogP contribution in [0.3, 0.4) is 0 Å². The first-order valence-electron chi connectivity index (χ1n) is 6.94. The third-order valence-corrected chi connectivity index (χ3v) is 3.55. The fourth-order valence-corrected chi connectivity index (χ4v) is 2.50. The van der Waals surface area contributed by atoms with Gasteiger partial charge in [0.2, 0.25) is 5.91 Å². The van der Waals surface area contributed by atoms with E-state index in [2.05, 4.69) is 10.9 Å². The number of halogens is 1. The van der Waals surface area contributed by atoms with Crippen LogP contribution in [0.15, 0.2) is 42.5 Å². The van der Waals surface area contributed by atoms with Crippen molar-refractivity contribution in [2.45, 2.75) is 13.5 Å². The van der Waals surface area contributed by atoms with Crippen LogP contribution in [0.4, 0.5) is 10.5 Å². The van der Waals surface area contributed by atoms with Gasteiger partial charge in [0, 0.05) is 17.5 Å². The fraction of sp³-hybridized carbons (Fsp3) is 0.125. The summed E-state index contributed by atoms with van der Waals surface area (Å²) in [5.74, 6) is 0.823. The van der Waals surface area contributed by atoms with Crippen molar-refractivity contribution >= 4 is 29.2 Å². The second-order valence-corrected chi connectivity index (χ2v) is 5.46. The second kappa shape index (κ2) is 6.18. The third kappa shape index (κ3) is 3.22. The zero-order valence-electron chi connectivity index (χ0n) is 12.3. The molecule has 0 radical (unpaired) electrons. The number of fused-ring (bicyclic) bond motifs is 2. The SMILES string of the molecule is CC(=O)NNC(=O)N1Cc2cc(Cl)ccc2Oc2ccccc21. The smallest absolute Gasteiger partial charge is 0.341 e. The van der Waals surface area contributed by atoms with Gasteiger partial charge in [-0.25, -0.2) is 10.2 Å². The number of rotatable bonds is 0. The Morgan fingerprint density at radius 1 is 1.13 bits per heavy atom. The highest BCUT2D eigenvalue weighted by atomic mass is 35.5. The van der Waals surface area contributed by atoms with Crippen LogP contribution >= 0.6 is 11.6 Å². The predicted molar refractivity (Wildman–Crippen MR) is 86.5 cm³/mol. The third-order valence-electron chi connectivity index (χ3n) is 3.32. The average Bonchev–Trinajstić information content (AvgIpc) is 2.69. The number of ether oxygens (including phenoxy) is 1. The van der Waals surface area contributed by atoms with Gasteiger partial charge in [0.25, 0.3) is 0 Å². The Morgan fingerprint density at radius 3 is 2.70 bits per heavy atom. The number of nitrogens with one attached hydrogen (secondary N) is 2. The summed E-state index contributed by atoms with van der Waals surface area (Å²) in [6.07, 6.45) is 0. The van der Waals surface area contributed by atoms with Gasteiger partial charge in [-0.2, -0.15) is 0 Å². The van der Waals surface area contributed by atoms with Crippen molar-refractivity contribution < 1.29 is 14.3 Å². The number of urea groups is 1. The summed E-state index contributed by atoms with van der Waals surface area (Å²) >= 11 is 6.04. The van der Waals surface area contributed by atoms with E-state index in [-0.39, 0.29) is 12.5 Å². The van der Waals surface area contributed by atoms with E-state index >= 15 is 0 Å². The first-order valence-corrected chi connectivity index (χ1v) is 7.32. The number of hydrogen-bond donors (Lipinski definition) is 2. The van der Waals surface area contributed by atoms with Crippen LogP contribution in [0.1, 0.15) is 12.5 Å². The molecule has 1 heterocycles. The van der Waals surface area contributed by atoms with Crippen molar-refractivity contribution in [1.82, 2.24) is 10.9 Å². The monoisotopic (exact) mass is 331 g/mol. The Labute approximate surface area is 138 Å². The summed E-state index contributed by atoms with van der Waals surface area (Å²) in [6, 6.07) is 12.0. The summed E-state index contributed by atoms with van der Waals surface area (Å²) < 4.78 is 5.90. The molecule has 1 aliphatic heterocycles. The topological polar surface area (TPSA) is 70.7 Å². The van der Waals surface area contributed by atoms with Gasteiger partial charge in [0.15, 0.2) is 5.75 Å². The van der Waals surface area contributed by atoms with Crippen LogP contribution in [-0.2, 0) is 11.3 Å². The lowest BCUT2D eigenvalue weighted by molar-refractivity contribution is -0.119. The average molecular weight is 332 g/mol. The molecular weight excluding hydrogens is 318 g/mol. The number of carbonyl (C=O) groups excluding carboxylic acids is 2. The molecule has 0 spiro atoms.